The third kappa shape index (κ3) is 5.31. The number of amides is 1. The summed E-state index contributed by atoms with van der Waals surface area (Å²) in [6.07, 6.45) is 4.07. The maximum absolute atomic E-state index is 12.0. The number of nitrogens with one attached hydrogen (secondary N) is 1. The smallest absolute Gasteiger partial charge is 0.281 e. The Bertz CT molecular complexity index is 849. The molecule has 25 heavy (non-hydrogen) atoms. The van der Waals surface area contributed by atoms with Gasteiger partial charge in [-0.15, -0.1) is 11.3 Å². The van der Waals surface area contributed by atoms with E-state index in [1.165, 1.54) is 11.3 Å². The number of carbonyl (C=O) groups is 1. The lowest BCUT2D eigenvalue weighted by molar-refractivity contribution is -0.661. The molecule has 1 amide bonds. The van der Waals surface area contributed by atoms with Gasteiger partial charge in [-0.05, 0) is 29.8 Å². The summed E-state index contributed by atoms with van der Waals surface area (Å²) in [6, 6.07) is 9.25. The molecule has 8 heteroatoms. The van der Waals surface area contributed by atoms with E-state index in [1.807, 2.05) is 29.6 Å². The zero-order valence-electron chi connectivity index (χ0n) is 13.2. The van der Waals surface area contributed by atoms with Crippen molar-refractivity contribution in [1.29, 1.82) is 0 Å². The molecular formula is C17H16Cl2N3O2S+. The van der Waals surface area contributed by atoms with E-state index in [-0.39, 0.29) is 5.91 Å². The largest absolute Gasteiger partial charge is 0.463 e. The molecule has 0 fully saturated rings. The monoisotopic (exact) mass is 396 g/mol. The van der Waals surface area contributed by atoms with Gasteiger partial charge in [-0.25, -0.2) is 4.98 Å². The predicted octanol–water partition coefficient (Wildman–Crippen LogP) is 3.34. The molecule has 2 aromatic heterocycles. The summed E-state index contributed by atoms with van der Waals surface area (Å²) in [5.74, 6) is 0.743. The first-order valence-electron chi connectivity index (χ1n) is 7.62. The molecule has 0 aliphatic heterocycles. The molecule has 0 bridgehead atoms. The van der Waals surface area contributed by atoms with E-state index in [0.29, 0.717) is 34.7 Å². The molecule has 0 unspecified atom stereocenters. The van der Waals surface area contributed by atoms with Gasteiger partial charge in [-0.3, -0.25) is 10.1 Å². The second-order valence-electron chi connectivity index (χ2n) is 5.38. The number of quaternary nitrogens is 1. The number of hydrogen-bond acceptors (Lipinski definition) is 4. The molecule has 1 aromatic carbocycles. The molecule has 0 aliphatic rings. The quantitative estimate of drug-likeness (QED) is 0.643. The van der Waals surface area contributed by atoms with Crippen LogP contribution >= 0.6 is 34.5 Å². The average Bonchev–Trinajstić information content (AvgIpc) is 3.23. The minimum atomic E-state index is -0.0954. The van der Waals surface area contributed by atoms with Crippen LogP contribution in [0.4, 0.5) is 5.13 Å². The lowest BCUT2D eigenvalue weighted by Gasteiger charge is -2.01. The van der Waals surface area contributed by atoms with Crippen molar-refractivity contribution in [3.8, 4) is 0 Å². The number of carbonyl (C=O) groups excluding carboxylic acids is 1. The molecule has 130 valence electrons. The minimum Gasteiger partial charge on any atom is -0.463 e. The number of furan rings is 1. The number of nitrogens with zero attached hydrogens (tertiary/aromatic N) is 1. The number of benzene rings is 1. The minimum absolute atomic E-state index is 0.0954. The molecular weight excluding hydrogens is 381 g/mol. The summed E-state index contributed by atoms with van der Waals surface area (Å²) in [5, 5.41) is 6.34. The Morgan fingerprint density at radius 2 is 2.16 bits per heavy atom. The van der Waals surface area contributed by atoms with Gasteiger partial charge in [0.15, 0.2) is 17.4 Å². The van der Waals surface area contributed by atoms with Crippen molar-refractivity contribution in [2.75, 3.05) is 11.9 Å². The molecule has 0 radical (unpaired) electrons. The topological polar surface area (TPSA) is 71.7 Å². The highest BCUT2D eigenvalue weighted by Crippen LogP contribution is 2.26. The normalized spacial score (nSPS) is 10.8. The molecule has 2 heterocycles. The summed E-state index contributed by atoms with van der Waals surface area (Å²) in [5.41, 5.74) is 1.04. The van der Waals surface area contributed by atoms with Crippen LogP contribution in [0.5, 0.6) is 0 Å². The van der Waals surface area contributed by atoms with Crippen LogP contribution in [0.3, 0.4) is 0 Å². The van der Waals surface area contributed by atoms with Crippen molar-refractivity contribution in [3.63, 3.8) is 0 Å². The molecule has 3 N–H and O–H groups in total. The molecule has 0 saturated heterocycles. The Morgan fingerprint density at radius 1 is 1.28 bits per heavy atom. The third-order valence-corrected chi connectivity index (χ3v) is 5.07. The second-order valence-corrected chi connectivity index (χ2v) is 7.31. The summed E-state index contributed by atoms with van der Waals surface area (Å²) in [6.45, 7) is 0.934. The molecule has 0 aliphatic carbocycles. The van der Waals surface area contributed by atoms with Gasteiger partial charge in [0, 0.05) is 17.5 Å². The standard InChI is InChI=1S/C17H15Cl2N3O2S/c18-14-4-3-11(7-15(14)19)6-13-9-21-17(25-13)22-16(23)10-20-8-12-2-1-5-24-12/h1-5,7,9,20H,6,8,10H2,(H,21,22,23)/p+1. The van der Waals surface area contributed by atoms with Gasteiger partial charge in [0.2, 0.25) is 0 Å². The fraction of sp³-hybridized carbons (Fsp3) is 0.176. The maximum atomic E-state index is 12.0. The van der Waals surface area contributed by atoms with E-state index in [4.69, 9.17) is 27.6 Å². The number of rotatable bonds is 7. The van der Waals surface area contributed by atoms with Crippen molar-refractivity contribution < 1.29 is 14.5 Å². The van der Waals surface area contributed by atoms with Crippen LogP contribution in [-0.4, -0.2) is 17.4 Å². The van der Waals surface area contributed by atoms with Crippen LogP contribution in [0.15, 0.2) is 47.2 Å². The molecule has 0 spiro atoms. The van der Waals surface area contributed by atoms with Crippen molar-refractivity contribution in [2.45, 2.75) is 13.0 Å². The van der Waals surface area contributed by atoms with Crippen molar-refractivity contribution in [2.24, 2.45) is 0 Å². The highest BCUT2D eigenvalue weighted by molar-refractivity contribution is 7.15. The molecule has 0 atom stereocenters. The molecule has 3 rings (SSSR count). The second kappa shape index (κ2) is 8.49. The number of thiazole rings is 1. The lowest BCUT2D eigenvalue weighted by atomic mass is 10.1. The van der Waals surface area contributed by atoms with Gasteiger partial charge in [-0.1, -0.05) is 29.3 Å². The lowest BCUT2D eigenvalue weighted by Crippen LogP contribution is -2.84. The number of aromatic nitrogens is 1. The first-order chi connectivity index (χ1) is 12.1. The number of halogens is 2. The van der Waals surface area contributed by atoms with Gasteiger partial charge < -0.3 is 9.73 Å². The van der Waals surface area contributed by atoms with E-state index in [2.05, 4.69) is 10.3 Å². The van der Waals surface area contributed by atoms with Crippen molar-refractivity contribution in [1.82, 2.24) is 4.98 Å². The maximum Gasteiger partial charge on any atom is 0.281 e. The van der Waals surface area contributed by atoms with Gasteiger partial charge in [0.1, 0.15) is 6.54 Å². The van der Waals surface area contributed by atoms with E-state index in [9.17, 15) is 4.79 Å². The Kier molecular flexibility index (Phi) is 6.09. The van der Waals surface area contributed by atoms with E-state index >= 15 is 0 Å². The molecule has 5 nitrogen and oxygen atoms in total. The number of hydrogen-bond donors (Lipinski definition) is 2. The van der Waals surface area contributed by atoms with Gasteiger partial charge in [0.05, 0.1) is 16.3 Å². The highest BCUT2D eigenvalue weighted by Gasteiger charge is 2.10. The molecule has 3 aromatic rings. The Labute approximate surface area is 159 Å². The molecule has 0 saturated carbocycles. The van der Waals surface area contributed by atoms with Crippen LogP contribution in [0.1, 0.15) is 16.2 Å². The first kappa shape index (κ1) is 17.9. The van der Waals surface area contributed by atoms with E-state index in [1.54, 1.807) is 18.5 Å². The van der Waals surface area contributed by atoms with Crippen LogP contribution < -0.4 is 10.6 Å². The SMILES string of the molecule is O=C(C[NH2+]Cc1ccco1)Nc1ncc(Cc2ccc(Cl)c(Cl)c2)s1. The van der Waals surface area contributed by atoms with Crippen molar-refractivity contribution in [3.05, 3.63) is 69.0 Å². The first-order valence-corrected chi connectivity index (χ1v) is 9.20. The van der Waals surface area contributed by atoms with Gasteiger partial charge in [0.25, 0.3) is 5.91 Å². The highest BCUT2D eigenvalue weighted by atomic mass is 35.5. The Hall–Kier alpha value is -1.86. The third-order valence-electron chi connectivity index (χ3n) is 3.42. The Balaban J connectivity index is 1.49. The van der Waals surface area contributed by atoms with Crippen LogP contribution in [-0.2, 0) is 17.8 Å². The van der Waals surface area contributed by atoms with Gasteiger partial charge in [-0.2, -0.15) is 0 Å². The summed E-state index contributed by atoms with van der Waals surface area (Å²) in [7, 11) is 0. The zero-order chi connectivity index (χ0) is 17.6. The fourth-order valence-corrected chi connectivity index (χ4v) is 3.43. The van der Waals surface area contributed by atoms with E-state index in [0.717, 1.165) is 16.2 Å². The predicted molar refractivity (Wildman–Crippen MR) is 99.2 cm³/mol. The zero-order valence-corrected chi connectivity index (χ0v) is 15.5. The summed E-state index contributed by atoms with van der Waals surface area (Å²) in [4.78, 5) is 17.2. The van der Waals surface area contributed by atoms with Crippen LogP contribution in [0, 0.1) is 0 Å². The number of nitrogens with two attached hydrogens (primary N) is 1. The van der Waals surface area contributed by atoms with Crippen molar-refractivity contribution >= 4 is 45.6 Å². The van der Waals surface area contributed by atoms with Crippen LogP contribution in [0.2, 0.25) is 10.0 Å². The fourth-order valence-electron chi connectivity index (χ4n) is 2.24. The van der Waals surface area contributed by atoms with Crippen LogP contribution in [0.25, 0.3) is 0 Å². The number of anilines is 1. The van der Waals surface area contributed by atoms with E-state index < -0.39 is 0 Å². The Morgan fingerprint density at radius 3 is 2.92 bits per heavy atom. The summed E-state index contributed by atoms with van der Waals surface area (Å²) < 4.78 is 5.22. The van der Waals surface area contributed by atoms with Gasteiger partial charge >= 0.3 is 0 Å². The summed E-state index contributed by atoms with van der Waals surface area (Å²) >= 11 is 13.4. The average molecular weight is 397 g/mol.